The molecule has 0 unspecified atom stereocenters. The summed E-state index contributed by atoms with van der Waals surface area (Å²) < 4.78 is 44.5. The summed E-state index contributed by atoms with van der Waals surface area (Å²) in [4.78, 5) is 13.5. The zero-order valence-electron chi connectivity index (χ0n) is 14.9. The number of alkyl halides is 3. The summed E-state index contributed by atoms with van der Waals surface area (Å²) in [7, 11) is 3.31. The summed E-state index contributed by atoms with van der Waals surface area (Å²) >= 11 is 0. The van der Waals surface area contributed by atoms with E-state index in [2.05, 4.69) is 20.0 Å². The topological polar surface area (TPSA) is 61.5 Å². The van der Waals surface area contributed by atoms with Crippen molar-refractivity contribution in [2.75, 3.05) is 50.1 Å². The van der Waals surface area contributed by atoms with Gasteiger partial charge in [-0.05, 0) is 6.92 Å². The predicted molar refractivity (Wildman–Crippen MR) is 90.1 cm³/mol. The number of hydrogen-bond donors (Lipinski definition) is 0. The van der Waals surface area contributed by atoms with Crippen LogP contribution < -0.4 is 9.80 Å². The molecule has 142 valence electrons. The third-order valence-electron chi connectivity index (χ3n) is 4.17. The van der Waals surface area contributed by atoms with Crippen LogP contribution in [0.3, 0.4) is 0 Å². The fourth-order valence-electron chi connectivity index (χ4n) is 2.77. The Kier molecular flexibility index (Phi) is 5.03. The molecule has 7 nitrogen and oxygen atoms in total. The molecule has 0 bridgehead atoms. The molecule has 3 heterocycles. The van der Waals surface area contributed by atoms with Crippen LogP contribution in [-0.2, 0) is 12.7 Å². The Labute approximate surface area is 149 Å². The van der Waals surface area contributed by atoms with Gasteiger partial charge in [-0.1, -0.05) is 5.16 Å². The van der Waals surface area contributed by atoms with Crippen molar-refractivity contribution in [3.05, 3.63) is 29.3 Å². The summed E-state index contributed by atoms with van der Waals surface area (Å²) in [5.41, 5.74) is -0.0761. The van der Waals surface area contributed by atoms with Crippen molar-refractivity contribution in [2.24, 2.45) is 0 Å². The third kappa shape index (κ3) is 4.24. The molecule has 26 heavy (non-hydrogen) atoms. The van der Waals surface area contributed by atoms with E-state index in [4.69, 9.17) is 4.52 Å². The van der Waals surface area contributed by atoms with Crippen molar-refractivity contribution < 1.29 is 17.7 Å². The van der Waals surface area contributed by atoms with Crippen LogP contribution >= 0.6 is 0 Å². The Balaban J connectivity index is 1.71. The molecule has 0 aromatic carbocycles. The average molecular weight is 370 g/mol. The molecule has 1 fully saturated rings. The summed E-state index contributed by atoms with van der Waals surface area (Å²) in [5, 5.41) is 3.97. The molecule has 10 heteroatoms. The molecule has 0 spiro atoms. The smallest absolute Gasteiger partial charge is 0.363 e. The van der Waals surface area contributed by atoms with Crippen LogP contribution in [0.5, 0.6) is 0 Å². The van der Waals surface area contributed by atoms with Crippen molar-refractivity contribution in [3.63, 3.8) is 0 Å². The number of rotatable bonds is 4. The van der Waals surface area contributed by atoms with Gasteiger partial charge in [-0.2, -0.15) is 18.2 Å². The van der Waals surface area contributed by atoms with Crippen molar-refractivity contribution in [1.82, 2.24) is 20.0 Å². The molecule has 0 amide bonds. The van der Waals surface area contributed by atoms with Crippen LogP contribution in [-0.4, -0.2) is 60.3 Å². The highest BCUT2D eigenvalue weighted by atomic mass is 19.4. The minimum atomic E-state index is -4.50. The lowest BCUT2D eigenvalue weighted by atomic mass is 10.3. The molecule has 0 atom stereocenters. The minimum absolute atomic E-state index is 0.112. The second kappa shape index (κ2) is 7.10. The summed E-state index contributed by atoms with van der Waals surface area (Å²) in [6, 6.07) is 2.85. The van der Waals surface area contributed by atoms with E-state index in [-0.39, 0.29) is 11.8 Å². The first-order valence-electron chi connectivity index (χ1n) is 8.25. The molecule has 1 saturated heterocycles. The van der Waals surface area contributed by atoms with Gasteiger partial charge in [0.1, 0.15) is 11.6 Å². The highest BCUT2D eigenvalue weighted by molar-refractivity contribution is 5.45. The highest BCUT2D eigenvalue weighted by Gasteiger charge is 2.34. The lowest BCUT2D eigenvalue weighted by Crippen LogP contribution is -2.46. The number of aromatic nitrogens is 3. The molecule has 0 N–H and O–H groups in total. The lowest BCUT2D eigenvalue weighted by Gasteiger charge is -2.34. The molecule has 0 aliphatic carbocycles. The zero-order chi connectivity index (χ0) is 18.9. The number of piperazine rings is 1. The number of nitrogens with zero attached hydrogens (tertiary/aromatic N) is 6. The third-order valence-corrected chi connectivity index (χ3v) is 4.17. The second-order valence-electron chi connectivity index (χ2n) is 6.50. The van der Waals surface area contributed by atoms with Crippen LogP contribution in [0.4, 0.5) is 24.9 Å². The van der Waals surface area contributed by atoms with Gasteiger partial charge in [0.05, 0.1) is 5.69 Å². The lowest BCUT2D eigenvalue weighted by molar-refractivity contribution is -0.141. The van der Waals surface area contributed by atoms with E-state index in [1.54, 1.807) is 23.9 Å². The molecule has 2 aromatic rings. The predicted octanol–water partition coefficient (Wildman–Crippen LogP) is 2.18. The van der Waals surface area contributed by atoms with Crippen LogP contribution in [0, 0.1) is 6.92 Å². The fraction of sp³-hybridized carbons (Fsp3) is 0.562. The molecule has 0 saturated carbocycles. The van der Waals surface area contributed by atoms with Gasteiger partial charge in [-0.15, -0.1) is 0 Å². The van der Waals surface area contributed by atoms with E-state index in [0.29, 0.717) is 32.7 Å². The summed E-state index contributed by atoms with van der Waals surface area (Å²) in [5.74, 6) is 1.11. The van der Waals surface area contributed by atoms with Gasteiger partial charge in [0.2, 0.25) is 5.95 Å². The largest absolute Gasteiger partial charge is 0.433 e. The van der Waals surface area contributed by atoms with Crippen LogP contribution in [0.2, 0.25) is 0 Å². The summed E-state index contributed by atoms with van der Waals surface area (Å²) in [6.45, 7) is 4.95. The Hall–Kier alpha value is -2.36. The van der Waals surface area contributed by atoms with Crippen molar-refractivity contribution in [1.29, 1.82) is 0 Å². The first-order chi connectivity index (χ1) is 12.2. The standard InChI is InChI=1S/C16H21F3N6O/c1-11-8-12(22-26-11)10-24-4-6-25(7-5-24)15-20-13(16(17,18)19)9-14(21-15)23(2)3/h8-9H,4-7,10H2,1-3H3. The minimum Gasteiger partial charge on any atom is -0.363 e. The maximum Gasteiger partial charge on any atom is 0.433 e. The van der Waals surface area contributed by atoms with Crippen molar-refractivity contribution in [3.8, 4) is 0 Å². The Morgan fingerprint density at radius 3 is 2.35 bits per heavy atom. The Bertz CT molecular complexity index is 753. The number of aryl methyl sites for hydroxylation is 1. The van der Waals surface area contributed by atoms with Gasteiger partial charge in [-0.3, -0.25) is 4.90 Å². The maximum absolute atomic E-state index is 13.1. The quantitative estimate of drug-likeness (QED) is 0.817. The van der Waals surface area contributed by atoms with Crippen LogP contribution in [0.15, 0.2) is 16.7 Å². The van der Waals surface area contributed by atoms with Crippen LogP contribution in [0.25, 0.3) is 0 Å². The molecule has 1 aliphatic heterocycles. The van der Waals surface area contributed by atoms with E-state index in [1.807, 2.05) is 13.0 Å². The Morgan fingerprint density at radius 2 is 1.81 bits per heavy atom. The molecule has 1 aliphatic rings. The molecule has 2 aromatic heterocycles. The van der Waals surface area contributed by atoms with Gasteiger partial charge < -0.3 is 14.3 Å². The molecule has 3 rings (SSSR count). The van der Waals surface area contributed by atoms with Gasteiger partial charge in [0.15, 0.2) is 5.69 Å². The van der Waals surface area contributed by atoms with Gasteiger partial charge >= 0.3 is 6.18 Å². The monoisotopic (exact) mass is 370 g/mol. The molecular formula is C16H21F3N6O. The fourth-order valence-corrected chi connectivity index (χ4v) is 2.77. The van der Waals surface area contributed by atoms with Crippen molar-refractivity contribution >= 4 is 11.8 Å². The summed E-state index contributed by atoms with van der Waals surface area (Å²) in [6.07, 6.45) is -4.50. The van der Waals surface area contributed by atoms with E-state index in [9.17, 15) is 13.2 Å². The first-order valence-corrected chi connectivity index (χ1v) is 8.25. The van der Waals surface area contributed by atoms with Gasteiger partial charge in [0, 0.05) is 59.0 Å². The molecule has 0 radical (unpaired) electrons. The first kappa shape index (κ1) is 18.4. The van der Waals surface area contributed by atoms with Crippen LogP contribution in [0.1, 0.15) is 17.1 Å². The molecular weight excluding hydrogens is 349 g/mol. The van der Waals surface area contributed by atoms with Crippen molar-refractivity contribution in [2.45, 2.75) is 19.6 Å². The number of halogens is 3. The normalized spacial score (nSPS) is 16.2. The Morgan fingerprint density at radius 1 is 1.12 bits per heavy atom. The van der Waals surface area contributed by atoms with Gasteiger partial charge in [-0.25, -0.2) is 4.98 Å². The van der Waals surface area contributed by atoms with E-state index in [0.717, 1.165) is 17.5 Å². The van der Waals surface area contributed by atoms with Gasteiger partial charge in [0.25, 0.3) is 0 Å². The van der Waals surface area contributed by atoms with E-state index in [1.165, 1.54) is 0 Å². The maximum atomic E-state index is 13.1. The highest BCUT2D eigenvalue weighted by Crippen LogP contribution is 2.31. The average Bonchev–Trinajstić information content (AvgIpc) is 2.99. The van der Waals surface area contributed by atoms with E-state index >= 15 is 0 Å². The SMILES string of the molecule is Cc1cc(CN2CCN(c3nc(N(C)C)cc(C(F)(F)F)n3)CC2)no1. The number of hydrogen-bond acceptors (Lipinski definition) is 7. The second-order valence-corrected chi connectivity index (χ2v) is 6.50. The van der Waals surface area contributed by atoms with E-state index < -0.39 is 11.9 Å². The zero-order valence-corrected chi connectivity index (χ0v) is 14.9. The number of anilines is 2.